The molecular weight excluding hydrogens is 188 g/mol. The van der Waals surface area contributed by atoms with Gasteiger partial charge in [0.2, 0.25) is 0 Å². The molecule has 0 fully saturated rings. The van der Waals surface area contributed by atoms with E-state index in [-0.39, 0.29) is 16.9 Å². The van der Waals surface area contributed by atoms with Crippen LogP contribution in [0.5, 0.6) is 0 Å². The number of halogens is 2. The van der Waals surface area contributed by atoms with Crippen molar-refractivity contribution in [3.63, 3.8) is 0 Å². The van der Waals surface area contributed by atoms with E-state index in [4.69, 9.17) is 11.5 Å². The summed E-state index contributed by atoms with van der Waals surface area (Å²) in [5.41, 5.74) is 11.6. The molecule has 0 heterocycles. The van der Waals surface area contributed by atoms with Crippen LogP contribution in [0.25, 0.3) is 0 Å². The summed E-state index contributed by atoms with van der Waals surface area (Å²) in [6.45, 7) is 0. The van der Waals surface area contributed by atoms with Gasteiger partial charge in [0.05, 0.1) is 0 Å². The third-order valence-electron chi connectivity index (χ3n) is 1.79. The zero-order valence-corrected chi connectivity index (χ0v) is 7.67. The number of nitrogens with two attached hydrogens (primary N) is 2. The highest BCUT2D eigenvalue weighted by atomic mass is 19.3. The van der Waals surface area contributed by atoms with Gasteiger partial charge in [-0.3, -0.25) is 4.99 Å². The van der Waals surface area contributed by atoms with Crippen molar-refractivity contribution >= 4 is 17.6 Å². The molecule has 0 unspecified atom stereocenters. The van der Waals surface area contributed by atoms with Crippen molar-refractivity contribution in [3.8, 4) is 0 Å². The van der Waals surface area contributed by atoms with Crippen LogP contribution in [0.15, 0.2) is 17.1 Å². The molecule has 1 aromatic rings. The Morgan fingerprint density at radius 3 is 2.43 bits per heavy atom. The quantitative estimate of drug-likeness (QED) is 0.563. The molecule has 0 atom stereocenters. The molecule has 0 radical (unpaired) electrons. The van der Waals surface area contributed by atoms with Crippen molar-refractivity contribution in [3.05, 3.63) is 23.3 Å². The maximum absolute atomic E-state index is 12.4. The monoisotopic (exact) mass is 199 g/mol. The first-order chi connectivity index (χ1) is 6.56. The van der Waals surface area contributed by atoms with Gasteiger partial charge in [-0.15, -0.1) is 0 Å². The molecule has 3 nitrogen and oxygen atoms in total. The number of hydrogen-bond acceptors (Lipinski definition) is 3. The molecule has 4 N–H and O–H groups in total. The van der Waals surface area contributed by atoms with Crippen LogP contribution in [0, 0.1) is 0 Å². The van der Waals surface area contributed by atoms with E-state index >= 15 is 0 Å². The summed E-state index contributed by atoms with van der Waals surface area (Å²) in [5.74, 6) is 0. The summed E-state index contributed by atoms with van der Waals surface area (Å²) in [7, 11) is 1.57. The highest BCUT2D eigenvalue weighted by Gasteiger charge is 2.13. The van der Waals surface area contributed by atoms with E-state index in [1.807, 2.05) is 0 Å². The lowest BCUT2D eigenvalue weighted by Gasteiger charge is -2.08. The fraction of sp³-hybridized carbons (Fsp3) is 0.222. The maximum atomic E-state index is 12.4. The zero-order valence-electron chi connectivity index (χ0n) is 7.67. The van der Waals surface area contributed by atoms with Crippen LogP contribution >= 0.6 is 0 Å². The number of nitrogens with zero attached hydrogens (tertiary/aromatic N) is 1. The topological polar surface area (TPSA) is 64.4 Å². The number of alkyl halides is 2. The minimum Gasteiger partial charge on any atom is -0.398 e. The SMILES string of the molecule is CN=Cc1cc(N)c(C(F)F)cc1N. The second-order valence-electron chi connectivity index (χ2n) is 2.80. The summed E-state index contributed by atoms with van der Waals surface area (Å²) in [4.78, 5) is 3.73. The van der Waals surface area contributed by atoms with Gasteiger partial charge in [-0.25, -0.2) is 8.78 Å². The molecule has 5 heteroatoms. The van der Waals surface area contributed by atoms with Crippen LogP contribution in [0.3, 0.4) is 0 Å². The predicted molar refractivity (Wildman–Crippen MR) is 53.7 cm³/mol. The molecule has 14 heavy (non-hydrogen) atoms. The Bertz CT molecular complexity index is 361. The van der Waals surface area contributed by atoms with Crippen molar-refractivity contribution in [2.24, 2.45) is 4.99 Å². The summed E-state index contributed by atoms with van der Waals surface area (Å²) >= 11 is 0. The van der Waals surface area contributed by atoms with Crippen LogP contribution in [-0.2, 0) is 0 Å². The van der Waals surface area contributed by atoms with Crippen LogP contribution in [-0.4, -0.2) is 13.3 Å². The van der Waals surface area contributed by atoms with Crippen LogP contribution in [0.1, 0.15) is 17.6 Å². The summed E-state index contributed by atoms with van der Waals surface area (Å²) < 4.78 is 24.7. The highest BCUT2D eigenvalue weighted by Crippen LogP contribution is 2.28. The van der Waals surface area contributed by atoms with E-state index in [9.17, 15) is 8.78 Å². The van der Waals surface area contributed by atoms with Crippen molar-refractivity contribution < 1.29 is 8.78 Å². The number of anilines is 2. The van der Waals surface area contributed by atoms with Crippen molar-refractivity contribution in [2.75, 3.05) is 18.5 Å². The summed E-state index contributed by atoms with van der Waals surface area (Å²) in [6, 6.07) is 2.57. The number of aliphatic imine (C=N–C) groups is 1. The van der Waals surface area contributed by atoms with Gasteiger partial charge >= 0.3 is 0 Å². The minimum absolute atomic E-state index is 0.0316. The Balaban J connectivity index is 3.23. The first kappa shape index (κ1) is 10.4. The molecule has 0 aliphatic carbocycles. The first-order valence-corrected chi connectivity index (χ1v) is 3.95. The predicted octanol–water partition coefficient (Wildman–Crippen LogP) is 1.84. The van der Waals surface area contributed by atoms with Gasteiger partial charge in [0.1, 0.15) is 0 Å². The Hall–Kier alpha value is -1.65. The van der Waals surface area contributed by atoms with E-state index < -0.39 is 6.43 Å². The standard InChI is InChI=1S/C9H11F2N3/c1-14-4-5-2-8(13)6(9(10)11)3-7(5)12/h2-4,9H,12-13H2,1H3. The number of benzene rings is 1. The van der Waals surface area contributed by atoms with Crippen LogP contribution in [0.4, 0.5) is 20.2 Å². The van der Waals surface area contributed by atoms with E-state index in [2.05, 4.69) is 4.99 Å². The molecule has 0 spiro atoms. The largest absolute Gasteiger partial charge is 0.398 e. The van der Waals surface area contributed by atoms with Gasteiger partial charge in [-0.2, -0.15) is 0 Å². The van der Waals surface area contributed by atoms with Gasteiger partial charge in [-0.1, -0.05) is 0 Å². The molecule has 1 rings (SSSR count). The fourth-order valence-corrected chi connectivity index (χ4v) is 1.11. The molecule has 0 saturated carbocycles. The lowest BCUT2D eigenvalue weighted by molar-refractivity contribution is 0.152. The molecule has 0 amide bonds. The molecule has 0 saturated heterocycles. The van der Waals surface area contributed by atoms with Crippen molar-refractivity contribution in [2.45, 2.75) is 6.43 Å². The summed E-state index contributed by atoms with van der Waals surface area (Å²) in [5, 5.41) is 0. The molecule has 0 aromatic heterocycles. The Kier molecular flexibility index (Phi) is 3.01. The number of nitrogen functional groups attached to an aromatic ring is 2. The van der Waals surface area contributed by atoms with Crippen molar-refractivity contribution in [1.29, 1.82) is 0 Å². The molecule has 0 aliphatic heterocycles. The Labute approximate surface area is 80.4 Å². The molecule has 76 valence electrons. The third-order valence-corrected chi connectivity index (χ3v) is 1.79. The average Bonchev–Trinajstić information content (AvgIpc) is 2.10. The van der Waals surface area contributed by atoms with E-state index in [0.29, 0.717) is 5.56 Å². The Morgan fingerprint density at radius 1 is 1.29 bits per heavy atom. The Morgan fingerprint density at radius 2 is 1.93 bits per heavy atom. The summed E-state index contributed by atoms with van der Waals surface area (Å²) in [6.07, 6.45) is -1.13. The highest BCUT2D eigenvalue weighted by molar-refractivity contribution is 5.89. The second kappa shape index (κ2) is 4.04. The van der Waals surface area contributed by atoms with Gasteiger partial charge in [0.15, 0.2) is 0 Å². The van der Waals surface area contributed by atoms with Crippen LogP contribution < -0.4 is 11.5 Å². The van der Waals surface area contributed by atoms with E-state index in [1.54, 1.807) is 7.05 Å². The maximum Gasteiger partial charge on any atom is 0.265 e. The van der Waals surface area contributed by atoms with Crippen molar-refractivity contribution in [1.82, 2.24) is 0 Å². The second-order valence-corrected chi connectivity index (χ2v) is 2.80. The minimum atomic E-state index is -2.61. The van der Waals surface area contributed by atoms with Crippen LogP contribution in [0.2, 0.25) is 0 Å². The van der Waals surface area contributed by atoms with Gasteiger partial charge < -0.3 is 11.5 Å². The van der Waals surface area contributed by atoms with Gasteiger partial charge in [-0.05, 0) is 12.1 Å². The molecule has 0 bridgehead atoms. The van der Waals surface area contributed by atoms with E-state index in [1.165, 1.54) is 18.3 Å². The first-order valence-electron chi connectivity index (χ1n) is 3.95. The smallest absolute Gasteiger partial charge is 0.265 e. The lowest BCUT2D eigenvalue weighted by Crippen LogP contribution is -2.01. The van der Waals surface area contributed by atoms with Gasteiger partial charge in [0.25, 0.3) is 6.43 Å². The average molecular weight is 199 g/mol. The number of rotatable bonds is 2. The van der Waals surface area contributed by atoms with Gasteiger partial charge in [0, 0.05) is 35.8 Å². The molecule has 0 aliphatic rings. The lowest BCUT2D eigenvalue weighted by atomic mass is 10.1. The molecular formula is C9H11F2N3. The molecule has 1 aromatic carbocycles. The van der Waals surface area contributed by atoms with E-state index in [0.717, 1.165) is 0 Å². The third kappa shape index (κ3) is 1.99. The number of hydrogen-bond donors (Lipinski definition) is 2. The fourth-order valence-electron chi connectivity index (χ4n) is 1.11. The normalized spacial score (nSPS) is 11.4. The zero-order chi connectivity index (χ0) is 10.7.